The van der Waals surface area contributed by atoms with Crippen LogP contribution in [0, 0.1) is 0 Å². The van der Waals surface area contributed by atoms with Gasteiger partial charge in [-0.3, -0.25) is 0 Å². The van der Waals surface area contributed by atoms with E-state index in [2.05, 4.69) is 56.8 Å². The molecule has 1 unspecified atom stereocenters. The highest BCUT2D eigenvalue weighted by Gasteiger charge is 2.05. The van der Waals surface area contributed by atoms with Crippen molar-refractivity contribution in [1.29, 1.82) is 0 Å². The molecule has 1 aromatic rings. The third kappa shape index (κ3) is 3.00. The summed E-state index contributed by atoms with van der Waals surface area (Å²) < 4.78 is 0. The van der Waals surface area contributed by atoms with Crippen LogP contribution < -0.4 is 0 Å². The fourth-order valence-corrected chi connectivity index (χ4v) is 1.61. The van der Waals surface area contributed by atoms with Crippen LogP contribution in [0.4, 0.5) is 0 Å². The molecule has 0 bridgehead atoms. The molecular formula is C13H19N. The molecule has 0 amide bonds. The molecule has 0 aliphatic heterocycles. The minimum Gasteiger partial charge on any atom is -0.309 e. The molecule has 76 valence electrons. The average molecular weight is 189 g/mol. The van der Waals surface area contributed by atoms with Crippen LogP contribution >= 0.6 is 0 Å². The monoisotopic (exact) mass is 189 g/mol. The minimum absolute atomic E-state index is 0.587. The van der Waals surface area contributed by atoms with E-state index in [0.717, 1.165) is 6.54 Å². The van der Waals surface area contributed by atoms with Crippen LogP contribution in [0.5, 0.6) is 0 Å². The van der Waals surface area contributed by atoms with Gasteiger partial charge in [0.05, 0.1) is 0 Å². The molecule has 0 saturated carbocycles. The minimum atomic E-state index is 0.587. The molecule has 0 heterocycles. The molecule has 0 spiro atoms. The molecule has 0 fully saturated rings. The van der Waals surface area contributed by atoms with Gasteiger partial charge in [-0.15, -0.1) is 0 Å². The summed E-state index contributed by atoms with van der Waals surface area (Å²) in [6.07, 6.45) is 1.88. The van der Waals surface area contributed by atoms with Gasteiger partial charge in [-0.2, -0.15) is 0 Å². The van der Waals surface area contributed by atoms with Crippen LogP contribution in [0.15, 0.2) is 30.8 Å². The van der Waals surface area contributed by atoms with E-state index in [9.17, 15) is 0 Å². The van der Waals surface area contributed by atoms with Crippen LogP contribution in [-0.4, -0.2) is 25.5 Å². The summed E-state index contributed by atoms with van der Waals surface area (Å²) in [6, 6.07) is 8.61. The van der Waals surface area contributed by atoms with Gasteiger partial charge in [-0.1, -0.05) is 43.8 Å². The van der Waals surface area contributed by atoms with Crippen molar-refractivity contribution < 1.29 is 0 Å². The zero-order valence-corrected chi connectivity index (χ0v) is 9.33. The van der Waals surface area contributed by atoms with Gasteiger partial charge in [0.2, 0.25) is 0 Å². The van der Waals surface area contributed by atoms with Crippen LogP contribution in [0.2, 0.25) is 0 Å². The number of rotatable bonds is 4. The molecule has 0 aliphatic carbocycles. The zero-order valence-electron chi connectivity index (χ0n) is 9.33. The van der Waals surface area contributed by atoms with E-state index in [1.165, 1.54) is 11.1 Å². The number of hydrogen-bond acceptors (Lipinski definition) is 1. The topological polar surface area (TPSA) is 3.24 Å². The van der Waals surface area contributed by atoms with Gasteiger partial charge in [0, 0.05) is 6.54 Å². The van der Waals surface area contributed by atoms with Crippen molar-refractivity contribution in [2.45, 2.75) is 12.8 Å². The number of likely N-dealkylation sites (N-methyl/N-ethyl adjacent to an activating group) is 1. The largest absolute Gasteiger partial charge is 0.309 e. The summed E-state index contributed by atoms with van der Waals surface area (Å²) in [5.41, 5.74) is 2.58. The first-order chi connectivity index (χ1) is 6.63. The predicted octanol–water partition coefficient (Wildman–Crippen LogP) is 2.99. The first kappa shape index (κ1) is 11.0. The predicted molar refractivity (Wildman–Crippen MR) is 63.5 cm³/mol. The van der Waals surface area contributed by atoms with Gasteiger partial charge in [-0.05, 0) is 31.1 Å². The lowest BCUT2D eigenvalue weighted by molar-refractivity contribution is 0.383. The van der Waals surface area contributed by atoms with Crippen molar-refractivity contribution in [1.82, 2.24) is 4.90 Å². The lowest BCUT2D eigenvalue weighted by atomic mass is 9.99. The van der Waals surface area contributed by atoms with E-state index >= 15 is 0 Å². The van der Waals surface area contributed by atoms with Crippen LogP contribution in [-0.2, 0) is 0 Å². The van der Waals surface area contributed by atoms with E-state index < -0.39 is 0 Å². The van der Waals surface area contributed by atoms with Crippen molar-refractivity contribution >= 4 is 6.08 Å². The second-order valence-corrected chi connectivity index (χ2v) is 4.03. The van der Waals surface area contributed by atoms with E-state index in [1.54, 1.807) is 0 Å². The molecule has 0 aliphatic rings. The maximum atomic E-state index is 3.75. The molecule has 1 aromatic carbocycles. The molecule has 1 rings (SSSR count). The smallest absolute Gasteiger partial charge is 0.00415 e. The molecular weight excluding hydrogens is 170 g/mol. The first-order valence-electron chi connectivity index (χ1n) is 5.00. The van der Waals surface area contributed by atoms with Gasteiger partial charge < -0.3 is 4.90 Å². The SMILES string of the molecule is C=Cc1ccc(C(C)CN(C)C)cc1. The highest BCUT2D eigenvalue weighted by molar-refractivity contribution is 5.47. The maximum absolute atomic E-state index is 3.75. The Labute approximate surface area is 87.1 Å². The van der Waals surface area contributed by atoms with E-state index in [1.807, 2.05) is 6.08 Å². The highest BCUT2D eigenvalue weighted by atomic mass is 15.1. The van der Waals surface area contributed by atoms with Crippen LogP contribution in [0.3, 0.4) is 0 Å². The second-order valence-electron chi connectivity index (χ2n) is 4.03. The van der Waals surface area contributed by atoms with E-state index in [4.69, 9.17) is 0 Å². The third-order valence-corrected chi connectivity index (χ3v) is 2.38. The number of benzene rings is 1. The quantitative estimate of drug-likeness (QED) is 0.704. The lowest BCUT2D eigenvalue weighted by Crippen LogP contribution is -2.18. The van der Waals surface area contributed by atoms with E-state index in [0.29, 0.717) is 5.92 Å². The van der Waals surface area contributed by atoms with Gasteiger partial charge >= 0.3 is 0 Å². The Morgan fingerprint density at radius 2 is 1.86 bits per heavy atom. The summed E-state index contributed by atoms with van der Waals surface area (Å²) in [6.45, 7) is 7.09. The fraction of sp³-hybridized carbons (Fsp3) is 0.385. The summed E-state index contributed by atoms with van der Waals surface area (Å²) >= 11 is 0. The van der Waals surface area contributed by atoms with Crippen LogP contribution in [0.1, 0.15) is 24.0 Å². The van der Waals surface area contributed by atoms with Crippen molar-refractivity contribution in [3.63, 3.8) is 0 Å². The van der Waals surface area contributed by atoms with Crippen molar-refractivity contribution in [3.8, 4) is 0 Å². The summed E-state index contributed by atoms with van der Waals surface area (Å²) in [5.74, 6) is 0.587. The Bertz CT molecular complexity index is 285. The molecule has 1 heteroatoms. The number of hydrogen-bond donors (Lipinski definition) is 0. The highest BCUT2D eigenvalue weighted by Crippen LogP contribution is 2.16. The Hall–Kier alpha value is -1.08. The van der Waals surface area contributed by atoms with Gasteiger partial charge in [0.25, 0.3) is 0 Å². The molecule has 1 nitrogen and oxygen atoms in total. The van der Waals surface area contributed by atoms with Crippen molar-refractivity contribution in [2.75, 3.05) is 20.6 Å². The molecule has 14 heavy (non-hydrogen) atoms. The Morgan fingerprint density at radius 3 is 2.29 bits per heavy atom. The molecule has 0 aromatic heterocycles. The van der Waals surface area contributed by atoms with Crippen molar-refractivity contribution in [2.24, 2.45) is 0 Å². The van der Waals surface area contributed by atoms with E-state index in [-0.39, 0.29) is 0 Å². The summed E-state index contributed by atoms with van der Waals surface area (Å²) in [5, 5.41) is 0. The van der Waals surface area contributed by atoms with Crippen LogP contribution in [0.25, 0.3) is 6.08 Å². The standard InChI is InChI=1S/C13H19N/c1-5-12-6-8-13(9-7-12)11(2)10-14(3)4/h5-9,11H,1,10H2,2-4H3. The number of nitrogens with zero attached hydrogens (tertiary/aromatic N) is 1. The molecule has 0 radical (unpaired) electrons. The average Bonchev–Trinajstić information content (AvgIpc) is 2.17. The summed E-state index contributed by atoms with van der Waals surface area (Å²) in [4.78, 5) is 2.21. The van der Waals surface area contributed by atoms with Gasteiger partial charge in [-0.25, -0.2) is 0 Å². The Morgan fingerprint density at radius 1 is 1.29 bits per heavy atom. The fourth-order valence-electron chi connectivity index (χ4n) is 1.61. The summed E-state index contributed by atoms with van der Waals surface area (Å²) in [7, 11) is 4.21. The molecule has 1 atom stereocenters. The lowest BCUT2D eigenvalue weighted by Gasteiger charge is -2.17. The molecule has 0 N–H and O–H groups in total. The van der Waals surface area contributed by atoms with Gasteiger partial charge in [0.1, 0.15) is 0 Å². The Kier molecular flexibility index (Phi) is 3.90. The Balaban J connectivity index is 2.71. The molecule has 0 saturated heterocycles. The third-order valence-electron chi connectivity index (χ3n) is 2.38. The zero-order chi connectivity index (χ0) is 10.6. The maximum Gasteiger partial charge on any atom is 0.00415 e. The second kappa shape index (κ2) is 4.97. The first-order valence-corrected chi connectivity index (χ1v) is 5.00. The normalized spacial score (nSPS) is 12.9. The van der Waals surface area contributed by atoms with Gasteiger partial charge in [0.15, 0.2) is 0 Å². The van der Waals surface area contributed by atoms with Crippen molar-refractivity contribution in [3.05, 3.63) is 42.0 Å².